The molecule has 1 atom stereocenters. The third-order valence-corrected chi connectivity index (χ3v) is 5.60. The molecule has 1 aliphatic rings. The van der Waals surface area contributed by atoms with Gasteiger partial charge in [-0.2, -0.15) is 5.06 Å². The summed E-state index contributed by atoms with van der Waals surface area (Å²) in [6.45, 7) is 6.09. The number of urea groups is 2. The molecule has 3 rings (SSSR count). The molecule has 1 saturated heterocycles. The van der Waals surface area contributed by atoms with Crippen molar-refractivity contribution in [2.24, 2.45) is 0 Å². The normalized spacial score (nSPS) is 17.9. The Morgan fingerprint density at radius 1 is 1.10 bits per heavy atom. The summed E-state index contributed by atoms with van der Waals surface area (Å²) in [6, 6.07) is 12.1. The van der Waals surface area contributed by atoms with Crippen molar-refractivity contribution in [1.82, 2.24) is 9.96 Å². The van der Waals surface area contributed by atoms with E-state index in [2.05, 4.69) is 5.32 Å². The predicted octanol–water partition coefficient (Wildman–Crippen LogP) is 5.67. The highest BCUT2D eigenvalue weighted by atomic mass is 35.5. The average Bonchev–Trinajstić information content (AvgIpc) is 2.90. The van der Waals surface area contributed by atoms with E-state index in [1.54, 1.807) is 53.4 Å². The van der Waals surface area contributed by atoms with Gasteiger partial charge in [0.05, 0.1) is 5.54 Å². The van der Waals surface area contributed by atoms with Crippen LogP contribution in [0.3, 0.4) is 0 Å². The van der Waals surface area contributed by atoms with Gasteiger partial charge in [-0.3, -0.25) is 10.1 Å². The molecule has 0 unspecified atom stereocenters. The average molecular weight is 451 g/mol. The molecule has 0 aliphatic carbocycles. The number of nitrogens with one attached hydrogen (secondary N) is 1. The van der Waals surface area contributed by atoms with Crippen LogP contribution in [0.25, 0.3) is 0 Å². The van der Waals surface area contributed by atoms with Crippen LogP contribution in [0.15, 0.2) is 48.5 Å². The van der Waals surface area contributed by atoms with Gasteiger partial charge in [0.1, 0.15) is 0 Å². The number of amides is 4. The monoisotopic (exact) mass is 450 g/mol. The quantitative estimate of drug-likeness (QED) is 0.454. The third kappa shape index (κ3) is 4.19. The fourth-order valence-electron chi connectivity index (χ4n) is 3.63. The van der Waals surface area contributed by atoms with E-state index in [9.17, 15) is 14.8 Å². The van der Waals surface area contributed by atoms with Crippen molar-refractivity contribution in [3.8, 4) is 0 Å². The van der Waals surface area contributed by atoms with Crippen LogP contribution in [0.1, 0.15) is 27.2 Å². The summed E-state index contributed by atoms with van der Waals surface area (Å²) in [5.74, 6) is 0. The van der Waals surface area contributed by atoms with Crippen LogP contribution in [0.4, 0.5) is 21.0 Å². The van der Waals surface area contributed by atoms with E-state index >= 15 is 0 Å². The molecular formula is C21H24Cl2N4O3. The fourth-order valence-corrected chi connectivity index (χ4v) is 3.88. The number of nitrogens with zero attached hydrogens (tertiary/aromatic N) is 3. The number of anilines is 2. The van der Waals surface area contributed by atoms with Crippen molar-refractivity contribution in [2.45, 2.75) is 38.9 Å². The highest BCUT2D eigenvalue weighted by Crippen LogP contribution is 2.38. The van der Waals surface area contributed by atoms with E-state index in [0.29, 0.717) is 33.0 Å². The van der Waals surface area contributed by atoms with Gasteiger partial charge in [-0.15, -0.1) is 0 Å². The van der Waals surface area contributed by atoms with Gasteiger partial charge in [0.25, 0.3) is 0 Å². The minimum Gasteiger partial charge on any atom is -0.315 e. The summed E-state index contributed by atoms with van der Waals surface area (Å²) in [5, 5.41) is 15.2. The Kier molecular flexibility index (Phi) is 6.45. The zero-order chi connectivity index (χ0) is 22.1. The van der Waals surface area contributed by atoms with Gasteiger partial charge in [-0.25, -0.2) is 9.59 Å². The van der Waals surface area contributed by atoms with Crippen LogP contribution in [0, 0.1) is 0 Å². The van der Waals surface area contributed by atoms with E-state index in [0.717, 1.165) is 6.42 Å². The van der Waals surface area contributed by atoms with Gasteiger partial charge >= 0.3 is 12.1 Å². The number of hydrogen-bond acceptors (Lipinski definition) is 3. The Morgan fingerprint density at radius 2 is 1.63 bits per heavy atom. The molecule has 1 heterocycles. The van der Waals surface area contributed by atoms with Gasteiger partial charge < -0.3 is 10.2 Å². The number of hydrogen-bond donors (Lipinski definition) is 2. The lowest BCUT2D eigenvalue weighted by molar-refractivity contribution is -0.0948. The molecule has 1 fully saturated rings. The Bertz CT molecular complexity index is 919. The van der Waals surface area contributed by atoms with Gasteiger partial charge in [-0.05, 0) is 68.8 Å². The second-order valence-electron chi connectivity index (χ2n) is 7.59. The number of carbonyl (C=O) groups is 2. The molecule has 0 saturated carbocycles. The summed E-state index contributed by atoms with van der Waals surface area (Å²) < 4.78 is 0. The first-order valence-electron chi connectivity index (χ1n) is 9.58. The SMILES string of the molecule is CCCN1C(=O)N(c2ccc(Cl)cc2)[C@@H](N(O)C(=O)Nc2ccc(Cl)cc2)C1(C)C. The Morgan fingerprint density at radius 3 is 2.17 bits per heavy atom. The summed E-state index contributed by atoms with van der Waals surface area (Å²) >= 11 is 11.9. The number of rotatable bonds is 5. The maximum absolute atomic E-state index is 13.3. The minimum atomic E-state index is -0.968. The molecular weight excluding hydrogens is 427 g/mol. The Hall–Kier alpha value is -2.48. The van der Waals surface area contributed by atoms with Crippen LogP contribution in [0.5, 0.6) is 0 Å². The van der Waals surface area contributed by atoms with Crippen molar-refractivity contribution in [3.05, 3.63) is 58.6 Å². The largest absolute Gasteiger partial charge is 0.347 e. The molecule has 0 radical (unpaired) electrons. The van der Waals surface area contributed by atoms with Crippen LogP contribution < -0.4 is 10.2 Å². The first-order valence-corrected chi connectivity index (χ1v) is 10.3. The summed E-state index contributed by atoms with van der Waals surface area (Å²) in [4.78, 5) is 29.2. The van der Waals surface area contributed by atoms with Gasteiger partial charge in [0.2, 0.25) is 0 Å². The Balaban J connectivity index is 1.95. The maximum atomic E-state index is 13.3. The molecule has 7 nitrogen and oxygen atoms in total. The van der Waals surface area contributed by atoms with Gasteiger partial charge in [-0.1, -0.05) is 30.1 Å². The van der Waals surface area contributed by atoms with Crippen LogP contribution in [0.2, 0.25) is 10.0 Å². The van der Waals surface area contributed by atoms with Gasteiger partial charge in [0, 0.05) is 28.0 Å². The number of halogens is 2. The lowest BCUT2D eigenvalue weighted by Gasteiger charge is -2.38. The molecule has 2 aromatic rings. The molecule has 2 N–H and O–H groups in total. The highest BCUT2D eigenvalue weighted by molar-refractivity contribution is 6.31. The molecule has 0 bridgehead atoms. The van der Waals surface area contributed by atoms with E-state index in [1.807, 2.05) is 20.8 Å². The number of hydroxylamine groups is 2. The zero-order valence-electron chi connectivity index (χ0n) is 17.0. The van der Waals surface area contributed by atoms with E-state index in [-0.39, 0.29) is 6.03 Å². The number of benzene rings is 2. The third-order valence-electron chi connectivity index (χ3n) is 5.10. The summed E-state index contributed by atoms with van der Waals surface area (Å²) in [6.07, 6.45) is -0.233. The lowest BCUT2D eigenvalue weighted by Crippen LogP contribution is -2.58. The summed E-state index contributed by atoms with van der Waals surface area (Å²) in [5.41, 5.74) is 0.132. The summed E-state index contributed by atoms with van der Waals surface area (Å²) in [7, 11) is 0. The van der Waals surface area contributed by atoms with Crippen molar-refractivity contribution in [3.63, 3.8) is 0 Å². The van der Waals surface area contributed by atoms with Crippen LogP contribution in [-0.2, 0) is 0 Å². The standard InChI is InChI=1S/C21H24Cl2N4O3/c1-4-13-25-20(29)26(17-11-7-15(23)8-12-17)18(21(25,2)3)27(30)19(28)24-16-9-5-14(22)6-10-16/h5-12,18,30H,4,13H2,1-3H3,(H,24,28)/t18-/m0/s1. The zero-order valence-corrected chi connectivity index (χ0v) is 18.5. The fraction of sp³-hybridized carbons (Fsp3) is 0.333. The first kappa shape index (κ1) is 22.2. The molecule has 2 aromatic carbocycles. The molecule has 4 amide bonds. The first-order chi connectivity index (χ1) is 14.2. The van der Waals surface area contributed by atoms with Crippen molar-refractivity contribution in [1.29, 1.82) is 0 Å². The van der Waals surface area contributed by atoms with E-state index in [4.69, 9.17) is 23.2 Å². The van der Waals surface area contributed by atoms with Crippen molar-refractivity contribution in [2.75, 3.05) is 16.8 Å². The van der Waals surface area contributed by atoms with Crippen molar-refractivity contribution >= 4 is 46.6 Å². The molecule has 1 aliphatic heterocycles. The van der Waals surface area contributed by atoms with Crippen molar-refractivity contribution < 1.29 is 14.8 Å². The number of carbonyl (C=O) groups excluding carboxylic acids is 2. The minimum absolute atomic E-state index is 0.299. The van der Waals surface area contributed by atoms with Gasteiger partial charge in [0.15, 0.2) is 6.17 Å². The molecule has 0 aromatic heterocycles. The second kappa shape index (κ2) is 8.71. The second-order valence-corrected chi connectivity index (χ2v) is 8.46. The van der Waals surface area contributed by atoms with Crippen LogP contribution >= 0.6 is 23.2 Å². The Labute approximate surface area is 185 Å². The van der Waals surface area contributed by atoms with E-state index in [1.165, 1.54) is 4.90 Å². The van der Waals surface area contributed by atoms with E-state index < -0.39 is 17.7 Å². The van der Waals surface area contributed by atoms with Crippen LogP contribution in [-0.4, -0.2) is 45.5 Å². The smallest absolute Gasteiger partial charge is 0.315 e. The highest BCUT2D eigenvalue weighted by Gasteiger charge is 2.55. The molecule has 9 heteroatoms. The molecule has 0 spiro atoms. The predicted molar refractivity (Wildman–Crippen MR) is 118 cm³/mol. The lowest BCUT2D eigenvalue weighted by atomic mass is 9.99. The molecule has 30 heavy (non-hydrogen) atoms. The maximum Gasteiger partial charge on any atom is 0.347 e. The molecule has 160 valence electrons. The topological polar surface area (TPSA) is 76.1 Å².